The number of piperidine rings is 1. The van der Waals surface area contributed by atoms with Gasteiger partial charge in [0.1, 0.15) is 13.2 Å². The zero-order valence-electron chi connectivity index (χ0n) is 18.6. The van der Waals surface area contributed by atoms with Crippen LogP contribution in [-0.4, -0.2) is 82.7 Å². The number of nitrogens with zero attached hydrogens (tertiary/aromatic N) is 1. The molecule has 0 N–H and O–H groups in total. The number of carbonyl (C=O) groups excluding carboxylic acids is 2. The molecule has 0 amide bonds. The third kappa shape index (κ3) is 10.2. The highest BCUT2D eigenvalue weighted by Crippen LogP contribution is 2.23. The minimum absolute atomic E-state index is 0.0125. The summed E-state index contributed by atoms with van der Waals surface area (Å²) in [6.45, 7) is 6.34. The van der Waals surface area contributed by atoms with E-state index in [0.717, 1.165) is 31.5 Å². The summed E-state index contributed by atoms with van der Waals surface area (Å²) in [5.41, 5.74) is 0.944. The normalized spacial score (nSPS) is 19.2. The molecule has 1 saturated heterocycles. The van der Waals surface area contributed by atoms with Gasteiger partial charge in [-0.3, -0.25) is 9.69 Å². The molecule has 1 fully saturated rings. The van der Waals surface area contributed by atoms with Crippen LogP contribution in [0.15, 0.2) is 30.3 Å². The topological polar surface area (TPSA) is 83.5 Å². The predicted molar refractivity (Wildman–Crippen MR) is 114 cm³/mol. The van der Waals surface area contributed by atoms with Gasteiger partial charge in [0.05, 0.1) is 46.1 Å². The summed E-state index contributed by atoms with van der Waals surface area (Å²) in [7, 11) is 1.45. The van der Waals surface area contributed by atoms with Gasteiger partial charge in [-0.15, -0.1) is 0 Å². The van der Waals surface area contributed by atoms with E-state index < -0.39 is 5.97 Å². The maximum absolute atomic E-state index is 11.7. The smallest absolute Gasteiger partial charge is 0.332 e. The lowest BCUT2D eigenvalue weighted by atomic mass is 9.92. The van der Waals surface area contributed by atoms with Crippen LogP contribution < -0.4 is 0 Å². The first-order chi connectivity index (χ1) is 15.1. The zero-order valence-corrected chi connectivity index (χ0v) is 18.6. The highest BCUT2D eigenvalue weighted by atomic mass is 16.6. The Morgan fingerprint density at radius 3 is 2.35 bits per heavy atom. The molecule has 0 saturated carbocycles. The second kappa shape index (κ2) is 14.9. The Bertz CT molecular complexity index is 640. The van der Waals surface area contributed by atoms with Crippen molar-refractivity contribution >= 4 is 11.9 Å². The number of carbonyl (C=O) groups is 2. The van der Waals surface area contributed by atoms with E-state index in [2.05, 4.69) is 11.8 Å². The van der Waals surface area contributed by atoms with Gasteiger partial charge in [0.25, 0.3) is 0 Å². The molecular weight excluding hydrogens is 402 g/mol. The number of benzene rings is 1. The molecule has 31 heavy (non-hydrogen) atoms. The molecule has 0 radical (unpaired) electrons. The molecule has 1 heterocycles. The Balaban J connectivity index is 1.38. The van der Waals surface area contributed by atoms with E-state index in [1.165, 1.54) is 7.11 Å². The SMILES string of the molecule is COC(=O)[C@H]1CCN(CCOCCOCCOCC(=O)OCc2ccccc2)[C@@H](C)C1. The molecule has 0 aliphatic carbocycles. The highest BCUT2D eigenvalue weighted by molar-refractivity contribution is 5.72. The highest BCUT2D eigenvalue weighted by Gasteiger charge is 2.30. The molecule has 0 aromatic heterocycles. The number of methoxy groups -OCH3 is 1. The number of likely N-dealkylation sites (tertiary alicyclic amines) is 1. The van der Waals surface area contributed by atoms with Crippen molar-refractivity contribution in [3.8, 4) is 0 Å². The molecule has 0 unspecified atom stereocenters. The van der Waals surface area contributed by atoms with E-state index in [4.69, 9.17) is 23.7 Å². The van der Waals surface area contributed by atoms with Crippen molar-refractivity contribution in [2.24, 2.45) is 5.92 Å². The van der Waals surface area contributed by atoms with Crippen LogP contribution in [-0.2, 0) is 39.9 Å². The van der Waals surface area contributed by atoms with Gasteiger partial charge in [-0.1, -0.05) is 30.3 Å². The molecule has 0 spiro atoms. The first kappa shape index (κ1) is 25.3. The third-order valence-corrected chi connectivity index (χ3v) is 5.28. The summed E-state index contributed by atoms with van der Waals surface area (Å²) in [4.78, 5) is 25.6. The zero-order chi connectivity index (χ0) is 22.3. The number of rotatable bonds is 14. The van der Waals surface area contributed by atoms with Crippen molar-refractivity contribution in [3.63, 3.8) is 0 Å². The van der Waals surface area contributed by atoms with E-state index in [1.807, 2.05) is 30.3 Å². The van der Waals surface area contributed by atoms with Gasteiger partial charge in [-0.2, -0.15) is 0 Å². The van der Waals surface area contributed by atoms with Gasteiger partial charge in [0.2, 0.25) is 0 Å². The molecule has 2 rings (SSSR count). The van der Waals surface area contributed by atoms with E-state index in [1.54, 1.807) is 0 Å². The van der Waals surface area contributed by atoms with Crippen molar-refractivity contribution in [1.29, 1.82) is 0 Å². The van der Waals surface area contributed by atoms with E-state index in [9.17, 15) is 9.59 Å². The monoisotopic (exact) mass is 437 g/mol. The summed E-state index contributed by atoms with van der Waals surface area (Å²) in [5, 5.41) is 0. The van der Waals surface area contributed by atoms with Gasteiger partial charge in [0, 0.05) is 12.6 Å². The number of hydrogen-bond acceptors (Lipinski definition) is 8. The summed E-state index contributed by atoms with van der Waals surface area (Å²) < 4.78 is 26.3. The van der Waals surface area contributed by atoms with Crippen LogP contribution in [0.5, 0.6) is 0 Å². The average molecular weight is 438 g/mol. The third-order valence-electron chi connectivity index (χ3n) is 5.28. The standard InChI is InChI=1S/C23H35NO7/c1-19-16-21(23(26)27-2)8-9-24(19)10-11-28-12-13-29-14-15-30-18-22(25)31-17-20-6-4-3-5-7-20/h3-7,19,21H,8-18H2,1-2H3/t19-,21-/m0/s1. The van der Waals surface area contributed by atoms with Crippen LogP contribution >= 0.6 is 0 Å². The maximum atomic E-state index is 11.7. The lowest BCUT2D eigenvalue weighted by molar-refractivity contribution is -0.151. The Hall–Kier alpha value is -2.00. The molecule has 174 valence electrons. The summed E-state index contributed by atoms with van der Waals surface area (Å²) in [6, 6.07) is 9.86. The second-order valence-corrected chi connectivity index (χ2v) is 7.55. The predicted octanol–water partition coefficient (Wildman–Crippen LogP) is 2.05. The maximum Gasteiger partial charge on any atom is 0.332 e. The van der Waals surface area contributed by atoms with E-state index in [0.29, 0.717) is 39.1 Å². The fourth-order valence-electron chi connectivity index (χ4n) is 3.49. The second-order valence-electron chi connectivity index (χ2n) is 7.55. The van der Waals surface area contributed by atoms with Crippen molar-refractivity contribution < 1.29 is 33.3 Å². The minimum Gasteiger partial charge on any atom is -0.469 e. The molecule has 1 aromatic rings. The van der Waals surface area contributed by atoms with Crippen LogP contribution in [0.3, 0.4) is 0 Å². The minimum atomic E-state index is -0.392. The van der Waals surface area contributed by atoms with Crippen LogP contribution in [0.25, 0.3) is 0 Å². The van der Waals surface area contributed by atoms with Gasteiger partial charge >= 0.3 is 11.9 Å². The number of esters is 2. The molecule has 1 aromatic carbocycles. The van der Waals surface area contributed by atoms with Gasteiger partial charge in [0.15, 0.2) is 0 Å². The first-order valence-electron chi connectivity index (χ1n) is 10.8. The fourth-order valence-corrected chi connectivity index (χ4v) is 3.49. The largest absolute Gasteiger partial charge is 0.469 e. The van der Waals surface area contributed by atoms with Crippen LogP contribution in [0.4, 0.5) is 0 Å². The first-order valence-corrected chi connectivity index (χ1v) is 10.8. The van der Waals surface area contributed by atoms with Gasteiger partial charge < -0.3 is 23.7 Å². The van der Waals surface area contributed by atoms with Crippen molar-refractivity contribution in [2.45, 2.75) is 32.4 Å². The van der Waals surface area contributed by atoms with E-state index in [-0.39, 0.29) is 25.1 Å². The van der Waals surface area contributed by atoms with Gasteiger partial charge in [-0.05, 0) is 31.9 Å². The molecule has 8 heteroatoms. The van der Waals surface area contributed by atoms with Crippen molar-refractivity contribution in [2.75, 3.05) is 59.8 Å². The summed E-state index contributed by atoms with van der Waals surface area (Å²) >= 11 is 0. The number of ether oxygens (including phenoxy) is 5. The average Bonchev–Trinajstić information content (AvgIpc) is 2.79. The lowest BCUT2D eigenvalue weighted by Gasteiger charge is -2.36. The van der Waals surface area contributed by atoms with Crippen molar-refractivity contribution in [3.05, 3.63) is 35.9 Å². The lowest BCUT2D eigenvalue weighted by Crippen LogP contribution is -2.44. The summed E-state index contributed by atoms with van der Waals surface area (Å²) in [5.74, 6) is -0.483. The Morgan fingerprint density at radius 2 is 1.68 bits per heavy atom. The van der Waals surface area contributed by atoms with Crippen LogP contribution in [0, 0.1) is 5.92 Å². The quantitative estimate of drug-likeness (QED) is 0.323. The van der Waals surface area contributed by atoms with Crippen LogP contribution in [0.2, 0.25) is 0 Å². The number of hydrogen-bond donors (Lipinski definition) is 0. The Labute approximate surface area is 184 Å². The fraction of sp³-hybridized carbons (Fsp3) is 0.652. The Kier molecular flexibility index (Phi) is 12.2. The molecule has 0 bridgehead atoms. The molecular formula is C23H35NO7. The van der Waals surface area contributed by atoms with Crippen LogP contribution in [0.1, 0.15) is 25.3 Å². The van der Waals surface area contributed by atoms with Crippen molar-refractivity contribution in [1.82, 2.24) is 4.90 Å². The summed E-state index contributed by atoms with van der Waals surface area (Å²) in [6.07, 6.45) is 1.66. The molecule has 2 atom stereocenters. The molecule has 1 aliphatic rings. The van der Waals surface area contributed by atoms with Gasteiger partial charge in [-0.25, -0.2) is 4.79 Å². The molecule has 1 aliphatic heterocycles. The van der Waals surface area contributed by atoms with E-state index >= 15 is 0 Å². The molecule has 8 nitrogen and oxygen atoms in total. The Morgan fingerprint density at radius 1 is 1.00 bits per heavy atom.